The third kappa shape index (κ3) is 6.60. The van der Waals surface area contributed by atoms with Gasteiger partial charge in [-0.05, 0) is 86.3 Å². The lowest BCUT2D eigenvalue weighted by Gasteiger charge is -2.20. The number of aryl methyl sites for hydroxylation is 2. The lowest BCUT2D eigenvalue weighted by Crippen LogP contribution is -2.32. The molecule has 0 atom stereocenters. The molecule has 1 aliphatic heterocycles. The average Bonchev–Trinajstić information content (AvgIpc) is 3.21. The zero-order valence-corrected chi connectivity index (χ0v) is 23.9. The van der Waals surface area contributed by atoms with Crippen LogP contribution in [0.5, 0.6) is 5.75 Å². The van der Waals surface area contributed by atoms with Gasteiger partial charge in [0, 0.05) is 18.8 Å². The van der Waals surface area contributed by atoms with E-state index in [0.29, 0.717) is 24.5 Å². The Morgan fingerprint density at radius 3 is 2.10 bits per heavy atom. The highest BCUT2D eigenvalue weighted by Crippen LogP contribution is 2.28. The number of rotatable bonds is 8. The molecule has 3 aromatic rings. The van der Waals surface area contributed by atoms with Crippen molar-refractivity contribution < 1.29 is 26.4 Å². The summed E-state index contributed by atoms with van der Waals surface area (Å²) in [5, 5.41) is 2.70. The molecule has 1 amide bonds. The van der Waals surface area contributed by atoms with Crippen LogP contribution in [0.3, 0.4) is 0 Å². The third-order valence-electron chi connectivity index (χ3n) is 6.68. The molecule has 2 N–H and O–H groups in total. The van der Waals surface area contributed by atoms with Crippen LogP contribution in [0.4, 0.5) is 11.4 Å². The Kier molecular flexibility index (Phi) is 8.63. The van der Waals surface area contributed by atoms with Gasteiger partial charge in [-0.25, -0.2) is 16.8 Å². The molecule has 0 aliphatic carbocycles. The fourth-order valence-electron chi connectivity index (χ4n) is 4.42. The van der Waals surface area contributed by atoms with Gasteiger partial charge in [0.25, 0.3) is 15.9 Å². The van der Waals surface area contributed by atoms with Crippen molar-refractivity contribution in [3.63, 3.8) is 0 Å². The van der Waals surface area contributed by atoms with E-state index in [-0.39, 0.29) is 21.1 Å². The Morgan fingerprint density at radius 2 is 1.46 bits per heavy atom. The second kappa shape index (κ2) is 11.8. The number of nitrogens with zero attached hydrogens (tertiary/aromatic N) is 1. The number of carbonyl (C=O) groups is 1. The molecule has 0 radical (unpaired) electrons. The number of amides is 1. The zero-order valence-electron chi connectivity index (χ0n) is 22.2. The van der Waals surface area contributed by atoms with Crippen LogP contribution < -0.4 is 14.8 Å². The summed E-state index contributed by atoms with van der Waals surface area (Å²) < 4.78 is 61.7. The van der Waals surface area contributed by atoms with E-state index in [1.165, 1.54) is 53.9 Å². The van der Waals surface area contributed by atoms with E-state index in [1.807, 2.05) is 26.0 Å². The second-order valence-corrected chi connectivity index (χ2v) is 13.2. The summed E-state index contributed by atoms with van der Waals surface area (Å²) in [5.74, 6) is -0.358. The van der Waals surface area contributed by atoms with E-state index in [1.54, 1.807) is 6.07 Å². The van der Waals surface area contributed by atoms with Crippen molar-refractivity contribution in [2.75, 3.05) is 30.2 Å². The molecule has 1 heterocycles. The van der Waals surface area contributed by atoms with Crippen LogP contribution in [0.15, 0.2) is 70.5 Å². The van der Waals surface area contributed by atoms with Gasteiger partial charge in [-0.15, -0.1) is 0 Å². The van der Waals surface area contributed by atoms with Crippen molar-refractivity contribution >= 4 is 37.3 Å². The molecule has 0 unspecified atom stereocenters. The minimum absolute atomic E-state index is 0.0225. The van der Waals surface area contributed by atoms with Crippen LogP contribution in [0.1, 0.15) is 47.2 Å². The molecule has 0 bridgehead atoms. The summed E-state index contributed by atoms with van der Waals surface area (Å²) in [6, 6.07) is 15.5. The normalized spacial score (nSPS) is 14.8. The molecule has 1 saturated heterocycles. The van der Waals surface area contributed by atoms with Crippen molar-refractivity contribution in [2.24, 2.45) is 0 Å². The first-order valence-corrected chi connectivity index (χ1v) is 15.6. The first kappa shape index (κ1) is 28.6. The van der Waals surface area contributed by atoms with Gasteiger partial charge in [0.05, 0.1) is 28.2 Å². The van der Waals surface area contributed by atoms with Crippen LogP contribution in [-0.4, -0.2) is 47.2 Å². The smallest absolute Gasteiger partial charge is 0.261 e. The Hall–Kier alpha value is -3.41. The molecular weight excluding hydrogens is 538 g/mol. The van der Waals surface area contributed by atoms with Gasteiger partial charge in [-0.1, -0.05) is 25.0 Å². The van der Waals surface area contributed by atoms with Gasteiger partial charge < -0.3 is 10.1 Å². The van der Waals surface area contributed by atoms with Crippen LogP contribution in [0, 0.1) is 13.8 Å². The maximum atomic E-state index is 13.3. The number of hydrogen-bond acceptors (Lipinski definition) is 6. The molecule has 3 aromatic carbocycles. The number of carbonyl (C=O) groups excluding carboxylic acids is 1. The number of nitrogens with one attached hydrogen (secondary N) is 2. The second-order valence-electron chi connectivity index (χ2n) is 9.58. The van der Waals surface area contributed by atoms with E-state index >= 15 is 0 Å². The number of hydrogen-bond donors (Lipinski definition) is 2. The standard InChI is InChI=1S/C28H33N3O6S2/c1-20-8-9-21(2)26(18-20)30-38(33,34)23-12-10-22(11-13-23)29-28(32)25-19-24(14-15-27(25)37-3)39(35,36)31-16-6-4-5-7-17-31/h8-15,18-19,30H,4-7,16-17H2,1-3H3,(H,29,32). The zero-order chi connectivity index (χ0) is 28.2. The number of ether oxygens (including phenoxy) is 1. The van der Waals surface area contributed by atoms with Crippen molar-refractivity contribution in [3.05, 3.63) is 77.4 Å². The van der Waals surface area contributed by atoms with Gasteiger partial charge in [0.15, 0.2) is 0 Å². The van der Waals surface area contributed by atoms with Crippen LogP contribution >= 0.6 is 0 Å². The van der Waals surface area contributed by atoms with Crippen molar-refractivity contribution in [2.45, 2.75) is 49.3 Å². The Morgan fingerprint density at radius 1 is 0.821 bits per heavy atom. The maximum absolute atomic E-state index is 13.3. The fourth-order valence-corrected chi connectivity index (χ4v) is 7.09. The third-order valence-corrected chi connectivity index (χ3v) is 9.95. The Bertz CT molecular complexity index is 1560. The average molecular weight is 572 g/mol. The topological polar surface area (TPSA) is 122 Å². The highest BCUT2D eigenvalue weighted by Gasteiger charge is 2.27. The molecule has 0 aromatic heterocycles. The predicted octanol–water partition coefficient (Wildman–Crippen LogP) is 4.93. The van der Waals surface area contributed by atoms with Gasteiger partial charge in [-0.2, -0.15) is 4.31 Å². The Balaban J connectivity index is 1.53. The molecule has 1 aliphatic rings. The van der Waals surface area contributed by atoms with E-state index in [2.05, 4.69) is 10.0 Å². The van der Waals surface area contributed by atoms with Crippen molar-refractivity contribution in [1.29, 1.82) is 0 Å². The largest absolute Gasteiger partial charge is 0.496 e. The fraction of sp³-hybridized carbons (Fsp3) is 0.321. The van der Waals surface area contributed by atoms with E-state index < -0.39 is 26.0 Å². The minimum Gasteiger partial charge on any atom is -0.496 e. The van der Waals surface area contributed by atoms with Gasteiger partial charge >= 0.3 is 0 Å². The first-order chi connectivity index (χ1) is 18.5. The molecule has 11 heteroatoms. The maximum Gasteiger partial charge on any atom is 0.261 e. The quantitative estimate of drug-likeness (QED) is 0.395. The minimum atomic E-state index is -3.85. The summed E-state index contributed by atoms with van der Waals surface area (Å²) >= 11 is 0. The Labute approximate surface area is 230 Å². The van der Waals surface area contributed by atoms with Crippen molar-refractivity contribution in [3.8, 4) is 5.75 Å². The number of benzene rings is 3. The van der Waals surface area contributed by atoms with Gasteiger partial charge in [0.2, 0.25) is 10.0 Å². The number of methoxy groups -OCH3 is 1. The summed E-state index contributed by atoms with van der Waals surface area (Å²) in [7, 11) is -6.22. The molecule has 0 saturated carbocycles. The molecule has 9 nitrogen and oxygen atoms in total. The number of sulfonamides is 2. The van der Waals surface area contributed by atoms with E-state index in [4.69, 9.17) is 4.74 Å². The van der Waals surface area contributed by atoms with Crippen LogP contribution in [0.25, 0.3) is 0 Å². The SMILES string of the molecule is COc1ccc(S(=O)(=O)N2CCCCCC2)cc1C(=O)Nc1ccc(S(=O)(=O)Nc2cc(C)ccc2C)cc1. The highest BCUT2D eigenvalue weighted by atomic mass is 32.2. The summed E-state index contributed by atoms with van der Waals surface area (Å²) in [6.07, 6.45) is 3.58. The molecule has 0 spiro atoms. The monoisotopic (exact) mass is 571 g/mol. The number of anilines is 2. The van der Waals surface area contributed by atoms with E-state index in [9.17, 15) is 21.6 Å². The molecule has 208 valence electrons. The summed E-state index contributed by atoms with van der Waals surface area (Å²) in [6.45, 7) is 4.59. The van der Waals surface area contributed by atoms with Gasteiger partial charge in [0.1, 0.15) is 5.75 Å². The summed E-state index contributed by atoms with van der Waals surface area (Å²) in [4.78, 5) is 13.2. The first-order valence-electron chi connectivity index (χ1n) is 12.7. The summed E-state index contributed by atoms with van der Waals surface area (Å²) in [5.41, 5.74) is 2.61. The van der Waals surface area contributed by atoms with Crippen LogP contribution in [0.2, 0.25) is 0 Å². The molecule has 4 rings (SSSR count). The molecule has 1 fully saturated rings. The lowest BCUT2D eigenvalue weighted by atomic mass is 10.1. The highest BCUT2D eigenvalue weighted by molar-refractivity contribution is 7.92. The van der Waals surface area contributed by atoms with Crippen LogP contribution in [-0.2, 0) is 20.0 Å². The lowest BCUT2D eigenvalue weighted by molar-refractivity contribution is 0.102. The predicted molar refractivity (Wildman–Crippen MR) is 151 cm³/mol. The van der Waals surface area contributed by atoms with E-state index in [0.717, 1.165) is 36.8 Å². The van der Waals surface area contributed by atoms with Gasteiger partial charge in [-0.3, -0.25) is 9.52 Å². The van der Waals surface area contributed by atoms with Crippen molar-refractivity contribution in [1.82, 2.24) is 4.31 Å². The molecule has 39 heavy (non-hydrogen) atoms. The molecular formula is C28H33N3O6S2.